The number of anilines is 1. The zero-order valence-electron chi connectivity index (χ0n) is 26.9. The molecule has 2 heterocycles. The van der Waals surface area contributed by atoms with Crippen molar-refractivity contribution in [2.45, 2.75) is 109 Å². The SMILES string of the molecule is CCC[C@H]1C[C@@H](N(Cc2cc(C(F)(F)F)cc(C(F)(F)F)c2)c2ncc(C(C=NC)=CN)cn2)C[C@@H](CC)N1C(=O)OC(C)(C)C. The lowest BCUT2D eigenvalue weighted by molar-refractivity contribution is -0.143. The first-order chi connectivity index (χ1) is 21.4. The van der Waals surface area contributed by atoms with E-state index in [1.807, 2.05) is 13.8 Å². The number of piperidine rings is 1. The van der Waals surface area contributed by atoms with Crippen LogP contribution >= 0.6 is 0 Å². The van der Waals surface area contributed by atoms with Crippen LogP contribution in [0.3, 0.4) is 0 Å². The smallest absolute Gasteiger partial charge is 0.416 e. The second-order valence-electron chi connectivity index (χ2n) is 12.3. The number of carbonyl (C=O) groups is 1. The Balaban J connectivity index is 2.14. The molecule has 1 aromatic heterocycles. The molecule has 3 atom stereocenters. The van der Waals surface area contributed by atoms with E-state index in [0.717, 1.165) is 18.6 Å². The highest BCUT2D eigenvalue weighted by Crippen LogP contribution is 2.38. The van der Waals surface area contributed by atoms with E-state index >= 15 is 0 Å². The molecular weight excluding hydrogens is 614 g/mol. The number of benzene rings is 1. The number of halogens is 6. The van der Waals surface area contributed by atoms with Crippen molar-refractivity contribution in [2.75, 3.05) is 11.9 Å². The third-order valence-corrected chi connectivity index (χ3v) is 7.69. The molecule has 2 N–H and O–H groups in total. The van der Waals surface area contributed by atoms with E-state index in [4.69, 9.17) is 10.5 Å². The quantitative estimate of drug-likeness (QED) is 0.218. The van der Waals surface area contributed by atoms with Gasteiger partial charge in [0.25, 0.3) is 0 Å². The number of nitrogens with zero attached hydrogens (tertiary/aromatic N) is 5. The molecule has 3 rings (SSSR count). The number of alkyl halides is 6. The van der Waals surface area contributed by atoms with Gasteiger partial charge in [0.15, 0.2) is 0 Å². The normalized spacial score (nSPS) is 19.9. The maximum atomic E-state index is 13.8. The van der Waals surface area contributed by atoms with Crippen LogP contribution in [0.15, 0.2) is 41.8 Å². The molecule has 0 saturated carbocycles. The number of ether oxygens (including phenoxy) is 1. The Morgan fingerprint density at radius 2 is 1.59 bits per heavy atom. The van der Waals surface area contributed by atoms with E-state index in [2.05, 4.69) is 15.0 Å². The molecular formula is C32H42F6N6O2. The fourth-order valence-corrected chi connectivity index (χ4v) is 5.71. The van der Waals surface area contributed by atoms with Crippen molar-refractivity contribution >= 4 is 23.8 Å². The van der Waals surface area contributed by atoms with Gasteiger partial charge in [-0.3, -0.25) is 4.99 Å². The van der Waals surface area contributed by atoms with Crippen LogP contribution in [0.5, 0.6) is 0 Å². The summed E-state index contributed by atoms with van der Waals surface area (Å²) in [4.78, 5) is 29.7. The van der Waals surface area contributed by atoms with Gasteiger partial charge in [0.2, 0.25) is 5.95 Å². The highest BCUT2D eigenvalue weighted by molar-refractivity contribution is 6.09. The predicted molar refractivity (Wildman–Crippen MR) is 165 cm³/mol. The molecule has 0 spiro atoms. The predicted octanol–water partition coefficient (Wildman–Crippen LogP) is 7.87. The lowest BCUT2D eigenvalue weighted by atomic mass is 9.87. The van der Waals surface area contributed by atoms with Crippen LogP contribution in [0.1, 0.15) is 89.0 Å². The molecule has 0 radical (unpaired) electrons. The summed E-state index contributed by atoms with van der Waals surface area (Å²) in [6.07, 6.45) is -2.06. The highest BCUT2D eigenvalue weighted by atomic mass is 19.4. The summed E-state index contributed by atoms with van der Waals surface area (Å²) in [5.41, 5.74) is 3.01. The third-order valence-electron chi connectivity index (χ3n) is 7.69. The maximum Gasteiger partial charge on any atom is 0.416 e. The van der Waals surface area contributed by atoms with Crippen molar-refractivity contribution in [3.05, 3.63) is 59.0 Å². The summed E-state index contributed by atoms with van der Waals surface area (Å²) in [6, 6.07) is 0.507. The number of likely N-dealkylation sites (tertiary alicyclic amines) is 1. The van der Waals surface area contributed by atoms with Crippen molar-refractivity contribution in [3.8, 4) is 0 Å². The number of aliphatic imine (C=N–C) groups is 1. The van der Waals surface area contributed by atoms with Crippen molar-refractivity contribution in [1.82, 2.24) is 14.9 Å². The number of hydrogen-bond acceptors (Lipinski definition) is 7. The monoisotopic (exact) mass is 656 g/mol. The summed E-state index contributed by atoms with van der Waals surface area (Å²) in [7, 11) is 1.56. The molecule has 46 heavy (non-hydrogen) atoms. The molecule has 0 aliphatic carbocycles. The first-order valence-corrected chi connectivity index (χ1v) is 15.1. The molecule has 1 aliphatic rings. The molecule has 1 saturated heterocycles. The first kappa shape index (κ1) is 36.6. The topological polar surface area (TPSA) is 96.9 Å². The molecule has 14 heteroatoms. The standard InChI is InChI=1S/C32H42F6N6O2/c1-7-9-26-14-27(13-25(8-2)44(26)29(45)46-30(3,4)5)43(28-41-17-22(18-42-28)21(15-39)16-40-6)19-20-10-23(31(33,34)35)12-24(11-20)32(36,37)38/h10-12,15-18,25-27H,7-9,13-14,19,39H2,1-6H3/t25-,26+,27+/m1/s1. The van der Waals surface area contributed by atoms with Crippen molar-refractivity contribution < 1.29 is 35.9 Å². The summed E-state index contributed by atoms with van der Waals surface area (Å²) >= 11 is 0. The number of carbonyl (C=O) groups excluding carboxylic acids is 1. The van der Waals surface area contributed by atoms with Crippen LogP contribution in [-0.4, -0.2) is 57.9 Å². The lowest BCUT2D eigenvalue weighted by Crippen LogP contribution is -2.57. The highest BCUT2D eigenvalue weighted by Gasteiger charge is 2.42. The Bertz CT molecular complexity index is 1350. The minimum absolute atomic E-state index is 0.110. The van der Waals surface area contributed by atoms with Gasteiger partial charge in [-0.25, -0.2) is 14.8 Å². The summed E-state index contributed by atoms with van der Waals surface area (Å²) < 4.78 is 88.3. The van der Waals surface area contributed by atoms with Crippen LogP contribution in [0.25, 0.3) is 5.57 Å². The zero-order valence-corrected chi connectivity index (χ0v) is 26.9. The molecule has 0 unspecified atom stereocenters. The molecule has 1 aromatic carbocycles. The summed E-state index contributed by atoms with van der Waals surface area (Å²) in [5, 5.41) is 0. The van der Waals surface area contributed by atoms with Crippen LogP contribution in [0.2, 0.25) is 0 Å². The number of amides is 1. The zero-order chi connectivity index (χ0) is 34.4. The minimum Gasteiger partial charge on any atom is -0.444 e. The Morgan fingerprint density at radius 1 is 1.02 bits per heavy atom. The summed E-state index contributed by atoms with van der Waals surface area (Å²) in [5.74, 6) is 0.111. The van der Waals surface area contributed by atoms with Gasteiger partial charge in [-0.1, -0.05) is 20.3 Å². The van der Waals surface area contributed by atoms with Crippen molar-refractivity contribution in [3.63, 3.8) is 0 Å². The van der Waals surface area contributed by atoms with Gasteiger partial charge in [0, 0.05) is 67.7 Å². The van der Waals surface area contributed by atoms with Crippen LogP contribution in [0.4, 0.5) is 37.1 Å². The Morgan fingerprint density at radius 3 is 2.04 bits per heavy atom. The molecule has 254 valence electrons. The van der Waals surface area contributed by atoms with E-state index in [9.17, 15) is 31.1 Å². The van der Waals surface area contributed by atoms with Crippen LogP contribution in [-0.2, 0) is 23.6 Å². The minimum atomic E-state index is -5.00. The van der Waals surface area contributed by atoms with E-state index in [0.29, 0.717) is 36.8 Å². The Hall–Kier alpha value is -3.84. The number of nitrogens with two attached hydrogens (primary N) is 1. The maximum absolute atomic E-state index is 13.8. The van der Waals surface area contributed by atoms with E-state index in [1.165, 1.54) is 24.8 Å². The van der Waals surface area contributed by atoms with Crippen molar-refractivity contribution in [1.29, 1.82) is 0 Å². The molecule has 8 nitrogen and oxygen atoms in total. The molecule has 1 fully saturated rings. The fourth-order valence-electron chi connectivity index (χ4n) is 5.71. The number of allylic oxidation sites excluding steroid dienone is 1. The average molecular weight is 657 g/mol. The van der Waals surface area contributed by atoms with Crippen LogP contribution in [0, 0.1) is 0 Å². The Kier molecular flexibility index (Phi) is 11.7. The van der Waals surface area contributed by atoms with Gasteiger partial charge >= 0.3 is 18.4 Å². The van der Waals surface area contributed by atoms with E-state index in [1.54, 1.807) is 37.6 Å². The lowest BCUT2D eigenvalue weighted by Gasteiger charge is -2.48. The van der Waals surface area contributed by atoms with Gasteiger partial charge in [-0.2, -0.15) is 26.3 Å². The third kappa shape index (κ3) is 9.35. The fraction of sp³-hybridized carbons (Fsp3) is 0.562. The number of rotatable bonds is 9. The molecule has 2 aromatic rings. The second-order valence-corrected chi connectivity index (χ2v) is 12.3. The van der Waals surface area contributed by atoms with Gasteiger partial charge in [0.05, 0.1) is 11.1 Å². The second kappa shape index (κ2) is 14.7. The van der Waals surface area contributed by atoms with Gasteiger partial charge in [-0.05, 0) is 70.2 Å². The van der Waals surface area contributed by atoms with Crippen molar-refractivity contribution in [2.24, 2.45) is 10.7 Å². The largest absolute Gasteiger partial charge is 0.444 e. The Labute approximate surface area is 265 Å². The van der Waals surface area contributed by atoms with Crippen LogP contribution < -0.4 is 10.6 Å². The average Bonchev–Trinajstić information content (AvgIpc) is 2.96. The first-order valence-electron chi connectivity index (χ1n) is 15.1. The number of aromatic nitrogens is 2. The van der Waals surface area contributed by atoms with Gasteiger partial charge in [0.1, 0.15) is 5.60 Å². The number of hydrogen-bond donors (Lipinski definition) is 1. The molecule has 0 bridgehead atoms. The molecule has 1 aliphatic heterocycles. The summed E-state index contributed by atoms with van der Waals surface area (Å²) in [6.45, 7) is 8.88. The van der Waals surface area contributed by atoms with Gasteiger partial charge < -0.3 is 20.3 Å². The molecule has 1 amide bonds. The van der Waals surface area contributed by atoms with E-state index in [-0.39, 0.29) is 36.2 Å². The van der Waals surface area contributed by atoms with E-state index < -0.39 is 41.2 Å². The van der Waals surface area contributed by atoms with Gasteiger partial charge in [-0.15, -0.1) is 0 Å².